The predicted molar refractivity (Wildman–Crippen MR) is 64.9 cm³/mol. The van der Waals surface area contributed by atoms with E-state index in [9.17, 15) is 0 Å². The number of hydrogen-bond donors (Lipinski definition) is 1. The average Bonchev–Trinajstić information content (AvgIpc) is 2.75. The van der Waals surface area contributed by atoms with Crippen molar-refractivity contribution < 1.29 is 0 Å². The summed E-state index contributed by atoms with van der Waals surface area (Å²) >= 11 is 0. The van der Waals surface area contributed by atoms with Crippen LogP contribution >= 0.6 is 0 Å². The maximum Gasteiger partial charge on any atom is 0.131 e. The van der Waals surface area contributed by atoms with Gasteiger partial charge >= 0.3 is 0 Å². The summed E-state index contributed by atoms with van der Waals surface area (Å²) in [6, 6.07) is 2.20. The summed E-state index contributed by atoms with van der Waals surface area (Å²) in [6.45, 7) is 3.60. The van der Waals surface area contributed by atoms with Gasteiger partial charge in [-0.25, -0.2) is 4.98 Å². The molecule has 16 heavy (non-hydrogen) atoms. The molecular formula is C13H17N3. The van der Waals surface area contributed by atoms with Gasteiger partial charge in [-0.15, -0.1) is 0 Å². The number of piperidine rings is 2. The van der Waals surface area contributed by atoms with E-state index in [4.69, 9.17) is 0 Å². The van der Waals surface area contributed by atoms with Gasteiger partial charge in [-0.3, -0.25) is 0 Å². The number of pyridine rings is 1. The van der Waals surface area contributed by atoms with E-state index in [2.05, 4.69) is 21.3 Å². The highest BCUT2D eigenvalue weighted by Crippen LogP contribution is 2.42. The van der Waals surface area contributed by atoms with Gasteiger partial charge < -0.3 is 10.2 Å². The van der Waals surface area contributed by atoms with Gasteiger partial charge in [-0.2, -0.15) is 0 Å². The number of nitrogens with one attached hydrogen (secondary N) is 1. The molecule has 84 valence electrons. The van der Waals surface area contributed by atoms with Crippen LogP contribution in [0, 0.1) is 11.8 Å². The van der Waals surface area contributed by atoms with Gasteiger partial charge in [0.25, 0.3) is 0 Å². The van der Waals surface area contributed by atoms with E-state index in [1.807, 2.05) is 6.20 Å². The van der Waals surface area contributed by atoms with Crippen LogP contribution in [-0.4, -0.2) is 24.6 Å². The molecule has 0 amide bonds. The highest BCUT2D eigenvalue weighted by Gasteiger charge is 2.38. The van der Waals surface area contributed by atoms with Crippen molar-refractivity contribution in [1.29, 1.82) is 0 Å². The Morgan fingerprint density at radius 1 is 1.25 bits per heavy atom. The molecule has 3 fully saturated rings. The molecule has 0 aromatic carbocycles. The number of rotatable bonds is 1. The Balaban J connectivity index is 1.69. The van der Waals surface area contributed by atoms with E-state index in [1.54, 1.807) is 0 Å². The summed E-state index contributed by atoms with van der Waals surface area (Å²) in [4.78, 5) is 7.00. The van der Waals surface area contributed by atoms with Gasteiger partial charge in [0.15, 0.2) is 0 Å². The number of anilines is 2. The summed E-state index contributed by atoms with van der Waals surface area (Å²) in [5.74, 6) is 3.06. The summed E-state index contributed by atoms with van der Waals surface area (Å²) in [6.07, 6.45) is 6.04. The van der Waals surface area contributed by atoms with Crippen LogP contribution < -0.4 is 10.2 Å². The maximum absolute atomic E-state index is 4.41. The van der Waals surface area contributed by atoms with Crippen molar-refractivity contribution >= 4 is 11.5 Å². The van der Waals surface area contributed by atoms with Crippen LogP contribution in [0.4, 0.5) is 11.5 Å². The Kier molecular flexibility index (Phi) is 1.73. The first-order chi connectivity index (χ1) is 7.90. The zero-order valence-electron chi connectivity index (χ0n) is 9.45. The topological polar surface area (TPSA) is 28.2 Å². The Morgan fingerprint density at radius 2 is 2.06 bits per heavy atom. The molecule has 0 unspecified atom stereocenters. The average molecular weight is 215 g/mol. The van der Waals surface area contributed by atoms with E-state index in [-0.39, 0.29) is 0 Å². The third kappa shape index (κ3) is 1.17. The molecule has 1 aliphatic carbocycles. The maximum atomic E-state index is 4.41. The smallest absolute Gasteiger partial charge is 0.131 e. The van der Waals surface area contributed by atoms with Crippen molar-refractivity contribution in [3.8, 4) is 0 Å². The van der Waals surface area contributed by atoms with E-state index in [0.29, 0.717) is 0 Å². The van der Waals surface area contributed by atoms with Crippen molar-refractivity contribution in [2.45, 2.75) is 19.3 Å². The Bertz CT molecular complexity index is 413. The lowest BCUT2D eigenvalue weighted by molar-refractivity contribution is 0.159. The van der Waals surface area contributed by atoms with Crippen LogP contribution in [0.25, 0.3) is 0 Å². The Labute approximate surface area is 95.9 Å². The van der Waals surface area contributed by atoms with Gasteiger partial charge in [-0.1, -0.05) is 0 Å². The van der Waals surface area contributed by atoms with Crippen molar-refractivity contribution in [3.63, 3.8) is 0 Å². The molecule has 0 atom stereocenters. The zero-order chi connectivity index (χ0) is 10.5. The molecule has 3 heteroatoms. The fourth-order valence-electron chi connectivity index (χ4n) is 3.55. The lowest BCUT2D eigenvalue weighted by atomic mass is 9.71. The third-order valence-electron chi connectivity index (χ3n) is 4.33. The first-order valence-corrected chi connectivity index (χ1v) is 6.37. The normalized spacial score (nSPS) is 30.6. The largest absolute Gasteiger partial charge is 0.371 e. The second-order valence-electron chi connectivity index (χ2n) is 5.44. The molecule has 1 saturated carbocycles. The number of nitrogens with zero attached hydrogens (tertiary/aromatic N) is 2. The molecule has 4 aliphatic rings. The predicted octanol–water partition coefficient (Wildman–Crippen LogP) is 1.90. The third-order valence-corrected chi connectivity index (χ3v) is 4.33. The molecule has 4 heterocycles. The second kappa shape index (κ2) is 3.12. The molecule has 0 radical (unpaired) electrons. The molecule has 1 aromatic heterocycles. The van der Waals surface area contributed by atoms with Crippen molar-refractivity contribution in [2.75, 3.05) is 29.9 Å². The second-order valence-corrected chi connectivity index (χ2v) is 5.44. The summed E-state index contributed by atoms with van der Waals surface area (Å²) in [5, 5.41) is 3.36. The van der Waals surface area contributed by atoms with Crippen LogP contribution in [0.5, 0.6) is 0 Å². The minimum absolute atomic E-state index is 0.969. The lowest BCUT2D eigenvalue weighted by Crippen LogP contribution is -2.48. The van der Waals surface area contributed by atoms with E-state index in [1.165, 1.54) is 37.2 Å². The highest BCUT2D eigenvalue weighted by atomic mass is 15.2. The van der Waals surface area contributed by atoms with Gasteiger partial charge in [0.05, 0.1) is 0 Å². The van der Waals surface area contributed by atoms with Crippen molar-refractivity contribution in [3.05, 3.63) is 17.8 Å². The van der Waals surface area contributed by atoms with Gasteiger partial charge in [0, 0.05) is 37.1 Å². The SMILES string of the molecule is c1cc(N2CC3CC(C3)C2)c2c(n1)NCC2. The van der Waals surface area contributed by atoms with Crippen molar-refractivity contribution in [1.82, 2.24) is 4.98 Å². The summed E-state index contributed by atoms with van der Waals surface area (Å²) in [7, 11) is 0. The number of aromatic nitrogens is 1. The minimum Gasteiger partial charge on any atom is -0.371 e. The molecule has 1 aromatic rings. The number of fused-ring (bicyclic) bond motifs is 3. The fourth-order valence-corrected chi connectivity index (χ4v) is 3.55. The molecule has 3 aliphatic heterocycles. The highest BCUT2D eigenvalue weighted by molar-refractivity contribution is 5.66. The molecule has 3 nitrogen and oxygen atoms in total. The Hall–Kier alpha value is -1.25. The van der Waals surface area contributed by atoms with Crippen LogP contribution in [0.3, 0.4) is 0 Å². The molecule has 2 bridgehead atoms. The monoisotopic (exact) mass is 215 g/mol. The number of hydrogen-bond acceptors (Lipinski definition) is 3. The molecule has 1 N–H and O–H groups in total. The summed E-state index contributed by atoms with van der Waals surface area (Å²) < 4.78 is 0. The van der Waals surface area contributed by atoms with E-state index < -0.39 is 0 Å². The zero-order valence-corrected chi connectivity index (χ0v) is 9.45. The molecule has 5 rings (SSSR count). The van der Waals surface area contributed by atoms with Gasteiger partial charge in [0.2, 0.25) is 0 Å². The first-order valence-electron chi connectivity index (χ1n) is 6.37. The fraction of sp³-hybridized carbons (Fsp3) is 0.615. The molecule has 0 spiro atoms. The van der Waals surface area contributed by atoms with Crippen molar-refractivity contribution in [2.24, 2.45) is 11.8 Å². The minimum atomic E-state index is 0.969. The Morgan fingerprint density at radius 3 is 2.88 bits per heavy atom. The van der Waals surface area contributed by atoms with Gasteiger partial charge in [-0.05, 0) is 37.2 Å². The van der Waals surface area contributed by atoms with Crippen LogP contribution in [0.15, 0.2) is 12.3 Å². The summed E-state index contributed by atoms with van der Waals surface area (Å²) in [5.41, 5.74) is 2.90. The standard InChI is InChI=1S/C13H17N3/c1-3-14-13-11(1)12(2-4-15-13)16-7-9-5-10(6-9)8-16/h2,4,9-10H,1,3,5-8H2,(H,14,15). The van der Waals surface area contributed by atoms with E-state index in [0.717, 1.165) is 30.6 Å². The molecule has 2 saturated heterocycles. The van der Waals surface area contributed by atoms with Crippen LogP contribution in [0.2, 0.25) is 0 Å². The first kappa shape index (κ1) is 8.85. The van der Waals surface area contributed by atoms with Gasteiger partial charge in [0.1, 0.15) is 5.82 Å². The van der Waals surface area contributed by atoms with Crippen LogP contribution in [0.1, 0.15) is 18.4 Å². The van der Waals surface area contributed by atoms with Crippen LogP contribution in [-0.2, 0) is 6.42 Å². The quantitative estimate of drug-likeness (QED) is 0.775. The lowest BCUT2D eigenvalue weighted by Gasteiger charge is -2.48. The van der Waals surface area contributed by atoms with E-state index >= 15 is 0 Å². The molecular weight excluding hydrogens is 198 g/mol.